The van der Waals surface area contributed by atoms with Gasteiger partial charge in [-0.2, -0.15) is 0 Å². The van der Waals surface area contributed by atoms with E-state index in [0.29, 0.717) is 41.9 Å². The van der Waals surface area contributed by atoms with Crippen molar-refractivity contribution in [1.29, 1.82) is 0 Å². The first-order chi connectivity index (χ1) is 19.9. The molecule has 212 valence electrons. The van der Waals surface area contributed by atoms with Crippen molar-refractivity contribution >= 4 is 17.8 Å². The zero-order chi connectivity index (χ0) is 28.8. The maximum atomic E-state index is 13.5. The van der Waals surface area contributed by atoms with Crippen LogP contribution in [0.5, 0.6) is 11.5 Å². The smallest absolute Gasteiger partial charge is 0.254 e. The number of anilines is 1. The van der Waals surface area contributed by atoms with Crippen molar-refractivity contribution in [3.63, 3.8) is 0 Å². The summed E-state index contributed by atoms with van der Waals surface area (Å²) in [4.78, 5) is 33.3. The van der Waals surface area contributed by atoms with Gasteiger partial charge in [0.1, 0.15) is 6.54 Å². The van der Waals surface area contributed by atoms with Crippen LogP contribution in [-0.4, -0.2) is 66.3 Å². The number of hydrogen-bond donors (Lipinski definition) is 1. The molecule has 1 N–H and O–H groups in total. The van der Waals surface area contributed by atoms with Gasteiger partial charge in [-0.3, -0.25) is 19.5 Å². The molecule has 9 heteroatoms. The standard InChI is InChI=1S/C32H34N4O5/c1-22-11-13-24(14-12-22)31(38)35(19-26-10-7-17-41-26)21-30(37)34-32-33-27(23-8-5-4-6-9-23)20-36(32)25-15-16-28(39-2)29(18-25)40-3/h4-6,8-9,11-16,18,20,26H,7,10,17,19,21H2,1-3H3,(H,33,34,37)/t26-/m1/s1. The number of amides is 2. The van der Waals surface area contributed by atoms with Crippen LogP contribution in [0.15, 0.2) is 79.0 Å². The third-order valence-electron chi connectivity index (χ3n) is 7.04. The van der Waals surface area contributed by atoms with Crippen LogP contribution in [-0.2, 0) is 9.53 Å². The van der Waals surface area contributed by atoms with Crippen LogP contribution < -0.4 is 14.8 Å². The Labute approximate surface area is 239 Å². The Hall–Kier alpha value is -4.63. The number of rotatable bonds is 10. The van der Waals surface area contributed by atoms with E-state index in [4.69, 9.17) is 19.2 Å². The van der Waals surface area contributed by atoms with E-state index in [-0.39, 0.29) is 24.5 Å². The lowest BCUT2D eigenvalue weighted by atomic mass is 10.1. The number of nitrogens with zero attached hydrogens (tertiary/aromatic N) is 3. The van der Waals surface area contributed by atoms with Crippen molar-refractivity contribution in [3.05, 3.63) is 90.1 Å². The second-order valence-corrected chi connectivity index (χ2v) is 9.96. The van der Waals surface area contributed by atoms with Gasteiger partial charge in [0.15, 0.2) is 11.5 Å². The van der Waals surface area contributed by atoms with Crippen LogP contribution in [0.4, 0.5) is 5.95 Å². The zero-order valence-corrected chi connectivity index (χ0v) is 23.5. The Balaban J connectivity index is 1.44. The number of hydrogen-bond acceptors (Lipinski definition) is 6. The highest BCUT2D eigenvalue weighted by atomic mass is 16.5. The molecule has 0 unspecified atom stereocenters. The van der Waals surface area contributed by atoms with Crippen molar-refractivity contribution in [2.45, 2.75) is 25.9 Å². The van der Waals surface area contributed by atoms with Gasteiger partial charge in [0.2, 0.25) is 11.9 Å². The fourth-order valence-corrected chi connectivity index (χ4v) is 4.86. The lowest BCUT2D eigenvalue weighted by Crippen LogP contribution is -2.42. The molecule has 0 saturated carbocycles. The number of carbonyl (C=O) groups is 2. The monoisotopic (exact) mass is 554 g/mol. The summed E-state index contributed by atoms with van der Waals surface area (Å²) in [5, 5.41) is 2.94. The molecule has 1 aliphatic rings. The highest BCUT2D eigenvalue weighted by Gasteiger charge is 2.26. The average Bonchev–Trinajstić information content (AvgIpc) is 3.67. The molecule has 9 nitrogen and oxygen atoms in total. The van der Waals surface area contributed by atoms with E-state index in [0.717, 1.165) is 29.7 Å². The van der Waals surface area contributed by atoms with Gasteiger partial charge in [0.05, 0.1) is 31.7 Å². The molecule has 2 heterocycles. The van der Waals surface area contributed by atoms with Crippen LogP contribution in [0.25, 0.3) is 16.9 Å². The van der Waals surface area contributed by atoms with Crippen molar-refractivity contribution in [1.82, 2.24) is 14.5 Å². The summed E-state index contributed by atoms with van der Waals surface area (Å²) >= 11 is 0. The van der Waals surface area contributed by atoms with Gasteiger partial charge in [0.25, 0.3) is 5.91 Å². The van der Waals surface area contributed by atoms with Crippen LogP contribution in [0.1, 0.15) is 28.8 Å². The first kappa shape index (κ1) is 27.9. The summed E-state index contributed by atoms with van der Waals surface area (Å²) in [5.41, 5.74) is 3.89. The molecular weight excluding hydrogens is 520 g/mol. The molecule has 41 heavy (non-hydrogen) atoms. The predicted octanol–water partition coefficient (Wildman–Crippen LogP) is 5.12. The number of imidazole rings is 1. The number of benzene rings is 3. The van der Waals surface area contributed by atoms with Crippen molar-refractivity contribution in [2.24, 2.45) is 0 Å². The molecule has 5 rings (SSSR count). The summed E-state index contributed by atoms with van der Waals surface area (Å²) in [5.74, 6) is 0.869. The van der Waals surface area contributed by atoms with Crippen LogP contribution in [0.3, 0.4) is 0 Å². The number of nitrogens with one attached hydrogen (secondary N) is 1. The van der Waals surface area contributed by atoms with Gasteiger partial charge in [-0.15, -0.1) is 0 Å². The Morgan fingerprint density at radius 2 is 1.78 bits per heavy atom. The van der Waals surface area contributed by atoms with E-state index in [1.807, 2.05) is 67.7 Å². The predicted molar refractivity (Wildman–Crippen MR) is 157 cm³/mol. The molecule has 1 aliphatic heterocycles. The van der Waals surface area contributed by atoms with Gasteiger partial charge in [-0.1, -0.05) is 48.0 Å². The highest BCUT2D eigenvalue weighted by molar-refractivity contribution is 5.99. The van der Waals surface area contributed by atoms with Crippen LogP contribution in [0, 0.1) is 6.92 Å². The second kappa shape index (κ2) is 12.7. The van der Waals surface area contributed by atoms with E-state index >= 15 is 0 Å². The highest BCUT2D eigenvalue weighted by Crippen LogP contribution is 2.32. The molecule has 0 spiro atoms. The summed E-state index contributed by atoms with van der Waals surface area (Å²) in [6, 6.07) is 22.5. The molecule has 4 aromatic rings. The van der Waals surface area contributed by atoms with Gasteiger partial charge in [-0.25, -0.2) is 4.98 Å². The van der Waals surface area contributed by atoms with Gasteiger partial charge < -0.3 is 19.1 Å². The molecule has 0 bridgehead atoms. The summed E-state index contributed by atoms with van der Waals surface area (Å²) in [6.07, 6.45) is 3.54. The maximum Gasteiger partial charge on any atom is 0.254 e. The minimum Gasteiger partial charge on any atom is -0.493 e. The van der Waals surface area contributed by atoms with Gasteiger partial charge in [-0.05, 0) is 44.0 Å². The Kier molecular flexibility index (Phi) is 8.64. The lowest BCUT2D eigenvalue weighted by Gasteiger charge is -2.25. The molecule has 1 fully saturated rings. The summed E-state index contributed by atoms with van der Waals surface area (Å²) in [6.45, 7) is 2.82. The van der Waals surface area contributed by atoms with E-state index in [2.05, 4.69) is 5.32 Å². The van der Waals surface area contributed by atoms with E-state index in [1.165, 1.54) is 0 Å². The van der Waals surface area contributed by atoms with Crippen LogP contribution >= 0.6 is 0 Å². The Morgan fingerprint density at radius 3 is 2.46 bits per heavy atom. The topological polar surface area (TPSA) is 94.9 Å². The number of aryl methyl sites for hydroxylation is 1. The first-order valence-electron chi connectivity index (χ1n) is 13.6. The SMILES string of the molecule is COc1ccc(-n2cc(-c3ccccc3)nc2NC(=O)CN(C[C@H]2CCCO2)C(=O)c2ccc(C)cc2)cc1OC. The van der Waals surface area contributed by atoms with Gasteiger partial charge in [0, 0.05) is 36.5 Å². The summed E-state index contributed by atoms with van der Waals surface area (Å²) in [7, 11) is 3.15. The quantitative estimate of drug-likeness (QED) is 0.292. The Morgan fingerprint density at radius 1 is 1.02 bits per heavy atom. The molecule has 1 atom stereocenters. The minimum absolute atomic E-state index is 0.101. The number of carbonyl (C=O) groups excluding carboxylic acids is 2. The van der Waals surface area contributed by atoms with Crippen molar-refractivity contribution < 1.29 is 23.8 Å². The lowest BCUT2D eigenvalue weighted by molar-refractivity contribution is -0.117. The Bertz CT molecular complexity index is 1490. The largest absolute Gasteiger partial charge is 0.493 e. The third-order valence-corrected chi connectivity index (χ3v) is 7.04. The fourth-order valence-electron chi connectivity index (χ4n) is 4.86. The molecule has 1 aromatic heterocycles. The molecule has 3 aromatic carbocycles. The van der Waals surface area contributed by atoms with Crippen molar-refractivity contribution in [2.75, 3.05) is 39.2 Å². The molecule has 2 amide bonds. The van der Waals surface area contributed by atoms with E-state index in [1.54, 1.807) is 41.9 Å². The first-order valence-corrected chi connectivity index (χ1v) is 13.6. The van der Waals surface area contributed by atoms with Crippen molar-refractivity contribution in [3.8, 4) is 28.4 Å². The summed E-state index contributed by atoms with van der Waals surface area (Å²) < 4.78 is 18.5. The molecule has 0 radical (unpaired) electrons. The minimum atomic E-state index is -0.365. The van der Waals surface area contributed by atoms with Crippen LogP contribution in [0.2, 0.25) is 0 Å². The molecule has 0 aliphatic carbocycles. The molecular formula is C32H34N4O5. The van der Waals surface area contributed by atoms with E-state index < -0.39 is 0 Å². The number of aromatic nitrogens is 2. The third kappa shape index (κ3) is 6.58. The van der Waals surface area contributed by atoms with E-state index in [9.17, 15) is 9.59 Å². The normalized spacial score (nSPS) is 14.5. The zero-order valence-electron chi connectivity index (χ0n) is 23.5. The fraction of sp³-hybridized carbons (Fsp3) is 0.281. The van der Waals surface area contributed by atoms with Gasteiger partial charge >= 0.3 is 0 Å². The average molecular weight is 555 g/mol. The molecule has 1 saturated heterocycles. The maximum absolute atomic E-state index is 13.5. The number of methoxy groups -OCH3 is 2. The second-order valence-electron chi connectivity index (χ2n) is 9.96. The number of ether oxygens (including phenoxy) is 3.